The van der Waals surface area contributed by atoms with Gasteiger partial charge in [-0.25, -0.2) is 4.98 Å². The summed E-state index contributed by atoms with van der Waals surface area (Å²) in [5, 5.41) is 2.08. The summed E-state index contributed by atoms with van der Waals surface area (Å²) in [7, 11) is 0. The van der Waals surface area contributed by atoms with Gasteiger partial charge in [-0.3, -0.25) is 0 Å². The fraction of sp³-hybridized carbons (Fsp3) is 0.500. The van der Waals surface area contributed by atoms with E-state index in [1.54, 1.807) is 24.0 Å². The van der Waals surface area contributed by atoms with Crippen LogP contribution < -0.4 is 5.73 Å². The summed E-state index contributed by atoms with van der Waals surface area (Å²) in [6.07, 6.45) is 3.77. The van der Waals surface area contributed by atoms with Crippen molar-refractivity contribution in [2.24, 2.45) is 0 Å². The SMILES string of the molecule is Nc1cnc(SC2CCOCC2)c(Cl)c1. The van der Waals surface area contributed by atoms with Crippen LogP contribution in [0.25, 0.3) is 0 Å². The number of ether oxygens (including phenoxy) is 1. The molecule has 2 N–H and O–H groups in total. The summed E-state index contributed by atoms with van der Waals surface area (Å²) in [4.78, 5) is 4.24. The number of anilines is 1. The summed E-state index contributed by atoms with van der Waals surface area (Å²) in [5.74, 6) is 0. The summed E-state index contributed by atoms with van der Waals surface area (Å²) >= 11 is 7.78. The number of hydrogen-bond donors (Lipinski definition) is 1. The van der Waals surface area contributed by atoms with Crippen LogP contribution in [0.15, 0.2) is 17.3 Å². The molecular weight excluding hydrogens is 232 g/mol. The number of thioether (sulfide) groups is 1. The first kappa shape index (κ1) is 11.0. The zero-order valence-electron chi connectivity index (χ0n) is 8.28. The molecule has 1 aliphatic heterocycles. The van der Waals surface area contributed by atoms with Crippen molar-refractivity contribution in [3.8, 4) is 0 Å². The molecule has 1 aromatic heterocycles. The normalized spacial score (nSPS) is 17.9. The highest BCUT2D eigenvalue weighted by molar-refractivity contribution is 8.00. The van der Waals surface area contributed by atoms with Gasteiger partial charge in [-0.2, -0.15) is 0 Å². The van der Waals surface area contributed by atoms with Crippen LogP contribution in [0.3, 0.4) is 0 Å². The number of pyridine rings is 1. The van der Waals surface area contributed by atoms with Crippen molar-refractivity contribution in [1.82, 2.24) is 4.98 Å². The fourth-order valence-corrected chi connectivity index (χ4v) is 2.82. The topological polar surface area (TPSA) is 48.1 Å². The van der Waals surface area contributed by atoms with E-state index in [1.807, 2.05) is 0 Å². The molecule has 15 heavy (non-hydrogen) atoms. The molecule has 5 heteroatoms. The lowest BCUT2D eigenvalue weighted by atomic mass is 10.2. The third-order valence-corrected chi connectivity index (χ3v) is 4.03. The van der Waals surface area contributed by atoms with Gasteiger partial charge in [0.25, 0.3) is 0 Å². The number of nitrogens with two attached hydrogens (primary N) is 1. The first-order valence-corrected chi connectivity index (χ1v) is 6.17. The van der Waals surface area contributed by atoms with E-state index in [9.17, 15) is 0 Å². The zero-order valence-corrected chi connectivity index (χ0v) is 9.85. The number of rotatable bonds is 2. The third-order valence-electron chi connectivity index (χ3n) is 2.28. The van der Waals surface area contributed by atoms with Crippen molar-refractivity contribution in [3.05, 3.63) is 17.3 Å². The molecule has 0 unspecified atom stereocenters. The molecule has 82 valence electrons. The highest BCUT2D eigenvalue weighted by Crippen LogP contribution is 2.33. The van der Waals surface area contributed by atoms with E-state index < -0.39 is 0 Å². The van der Waals surface area contributed by atoms with E-state index in [0.29, 0.717) is 16.0 Å². The molecule has 0 aliphatic carbocycles. The van der Waals surface area contributed by atoms with Crippen molar-refractivity contribution in [3.63, 3.8) is 0 Å². The fourth-order valence-electron chi connectivity index (χ4n) is 1.48. The van der Waals surface area contributed by atoms with Gasteiger partial charge in [-0.1, -0.05) is 11.6 Å². The molecule has 0 bridgehead atoms. The maximum atomic E-state index is 6.05. The Labute approximate surface area is 98.3 Å². The van der Waals surface area contributed by atoms with Crippen LogP contribution in [0, 0.1) is 0 Å². The van der Waals surface area contributed by atoms with Crippen LogP contribution in [0.2, 0.25) is 5.02 Å². The van der Waals surface area contributed by atoms with E-state index in [0.717, 1.165) is 31.1 Å². The van der Waals surface area contributed by atoms with Gasteiger partial charge in [-0.05, 0) is 18.9 Å². The summed E-state index contributed by atoms with van der Waals surface area (Å²) in [6, 6.07) is 1.75. The van der Waals surface area contributed by atoms with Gasteiger partial charge in [0, 0.05) is 18.5 Å². The second kappa shape index (κ2) is 5.05. The number of aromatic nitrogens is 1. The predicted molar refractivity (Wildman–Crippen MR) is 63.4 cm³/mol. The Morgan fingerprint density at radius 1 is 1.47 bits per heavy atom. The van der Waals surface area contributed by atoms with E-state index in [4.69, 9.17) is 22.1 Å². The van der Waals surface area contributed by atoms with Gasteiger partial charge in [0.15, 0.2) is 0 Å². The van der Waals surface area contributed by atoms with Gasteiger partial charge < -0.3 is 10.5 Å². The van der Waals surface area contributed by atoms with Crippen molar-refractivity contribution in [1.29, 1.82) is 0 Å². The number of halogens is 1. The third kappa shape index (κ3) is 3.00. The molecule has 1 saturated heterocycles. The molecule has 0 saturated carbocycles. The molecule has 0 aromatic carbocycles. The lowest BCUT2D eigenvalue weighted by Gasteiger charge is -2.21. The van der Waals surface area contributed by atoms with Gasteiger partial charge in [-0.15, -0.1) is 11.8 Å². The highest BCUT2D eigenvalue weighted by atomic mass is 35.5. The Balaban J connectivity index is 2.03. The molecule has 0 radical (unpaired) electrons. The average Bonchev–Trinajstić information content (AvgIpc) is 2.24. The standard InChI is InChI=1S/C10H13ClN2OS/c11-9-5-7(12)6-13-10(9)15-8-1-3-14-4-2-8/h5-6,8H,1-4,12H2. The molecule has 1 aliphatic rings. The minimum absolute atomic E-state index is 0.562. The summed E-state index contributed by atoms with van der Waals surface area (Å²) in [6.45, 7) is 1.68. The van der Waals surface area contributed by atoms with Crippen molar-refractivity contribution < 1.29 is 4.74 Å². The second-order valence-electron chi connectivity index (χ2n) is 3.49. The van der Waals surface area contributed by atoms with Gasteiger partial charge in [0.05, 0.1) is 16.9 Å². The zero-order chi connectivity index (χ0) is 10.7. The van der Waals surface area contributed by atoms with E-state index in [-0.39, 0.29) is 0 Å². The predicted octanol–water partition coefficient (Wildman–Crippen LogP) is 2.59. The first-order chi connectivity index (χ1) is 7.25. The molecular formula is C10H13ClN2OS. The Hall–Kier alpha value is -0.450. The number of nitrogens with zero attached hydrogens (tertiary/aromatic N) is 1. The Bertz CT molecular complexity index is 342. The Kier molecular flexibility index (Phi) is 3.72. The van der Waals surface area contributed by atoms with Crippen molar-refractivity contribution >= 4 is 29.1 Å². The minimum Gasteiger partial charge on any atom is -0.397 e. The molecule has 3 nitrogen and oxygen atoms in total. The molecule has 2 rings (SSSR count). The van der Waals surface area contributed by atoms with Gasteiger partial charge >= 0.3 is 0 Å². The quantitative estimate of drug-likeness (QED) is 0.869. The van der Waals surface area contributed by atoms with Crippen LogP contribution in [0.1, 0.15) is 12.8 Å². The number of nitrogen functional groups attached to an aromatic ring is 1. The van der Waals surface area contributed by atoms with Crippen LogP contribution in [-0.4, -0.2) is 23.4 Å². The van der Waals surface area contributed by atoms with Crippen LogP contribution in [-0.2, 0) is 4.74 Å². The van der Waals surface area contributed by atoms with E-state index >= 15 is 0 Å². The van der Waals surface area contributed by atoms with Crippen LogP contribution in [0.5, 0.6) is 0 Å². The van der Waals surface area contributed by atoms with E-state index in [1.165, 1.54) is 0 Å². The molecule has 0 amide bonds. The molecule has 2 heterocycles. The van der Waals surface area contributed by atoms with Crippen LogP contribution >= 0.6 is 23.4 Å². The maximum absolute atomic E-state index is 6.05. The smallest absolute Gasteiger partial charge is 0.115 e. The number of hydrogen-bond acceptors (Lipinski definition) is 4. The summed E-state index contributed by atoms with van der Waals surface area (Å²) in [5.41, 5.74) is 6.19. The Morgan fingerprint density at radius 2 is 2.20 bits per heavy atom. The molecule has 1 aromatic rings. The van der Waals surface area contributed by atoms with Gasteiger partial charge in [0.1, 0.15) is 5.03 Å². The second-order valence-corrected chi connectivity index (χ2v) is 5.18. The molecule has 0 spiro atoms. The van der Waals surface area contributed by atoms with Crippen molar-refractivity contribution in [2.45, 2.75) is 23.1 Å². The highest BCUT2D eigenvalue weighted by Gasteiger charge is 2.17. The summed E-state index contributed by atoms with van der Waals surface area (Å²) < 4.78 is 5.30. The lowest BCUT2D eigenvalue weighted by Crippen LogP contribution is -2.17. The largest absolute Gasteiger partial charge is 0.397 e. The molecule has 1 fully saturated rings. The van der Waals surface area contributed by atoms with Crippen molar-refractivity contribution in [2.75, 3.05) is 18.9 Å². The lowest BCUT2D eigenvalue weighted by molar-refractivity contribution is 0.1000. The Morgan fingerprint density at radius 3 is 2.87 bits per heavy atom. The maximum Gasteiger partial charge on any atom is 0.115 e. The average molecular weight is 245 g/mol. The van der Waals surface area contributed by atoms with Crippen LogP contribution in [0.4, 0.5) is 5.69 Å². The first-order valence-electron chi connectivity index (χ1n) is 4.91. The monoisotopic (exact) mass is 244 g/mol. The van der Waals surface area contributed by atoms with E-state index in [2.05, 4.69) is 4.98 Å². The van der Waals surface area contributed by atoms with Gasteiger partial charge in [0.2, 0.25) is 0 Å². The molecule has 0 atom stereocenters. The minimum atomic E-state index is 0.562.